The Hall–Kier alpha value is -1.63. The molecule has 0 fully saturated rings. The highest BCUT2D eigenvalue weighted by atomic mass is 32.2. The summed E-state index contributed by atoms with van der Waals surface area (Å²) in [5.41, 5.74) is 1.22. The van der Waals surface area contributed by atoms with Gasteiger partial charge in [-0.15, -0.1) is 0 Å². The predicted octanol–water partition coefficient (Wildman–Crippen LogP) is 0.605. The average molecular weight is 317 g/mol. The van der Waals surface area contributed by atoms with Crippen molar-refractivity contribution >= 4 is 25.7 Å². The molecule has 1 aromatic rings. The van der Waals surface area contributed by atoms with Crippen LogP contribution in [0.5, 0.6) is 0 Å². The molecule has 1 rings (SSSR count). The zero-order chi connectivity index (χ0) is 15.7. The lowest BCUT2D eigenvalue weighted by Crippen LogP contribution is -2.24. The van der Waals surface area contributed by atoms with Crippen molar-refractivity contribution in [2.75, 3.05) is 4.72 Å². The summed E-state index contributed by atoms with van der Waals surface area (Å²) in [6, 6.07) is 4.11. The largest absolute Gasteiger partial charge is 0.282 e. The minimum Gasteiger partial charge on any atom is -0.282 e. The SMILES string of the molecule is Cc1cc(S(N)(=O)=O)cc(NS(=O)(=O)C(C)C#N)c1C. The van der Waals surface area contributed by atoms with Gasteiger partial charge in [0.05, 0.1) is 16.7 Å². The molecule has 0 saturated heterocycles. The van der Waals surface area contributed by atoms with Crippen molar-refractivity contribution in [2.45, 2.75) is 30.9 Å². The zero-order valence-electron chi connectivity index (χ0n) is 11.2. The van der Waals surface area contributed by atoms with E-state index in [0.717, 1.165) is 6.07 Å². The van der Waals surface area contributed by atoms with Crippen LogP contribution in [0.25, 0.3) is 0 Å². The van der Waals surface area contributed by atoms with Gasteiger partial charge in [0, 0.05) is 0 Å². The lowest BCUT2D eigenvalue weighted by molar-refractivity contribution is 0.594. The van der Waals surface area contributed by atoms with E-state index in [1.54, 1.807) is 19.9 Å². The molecule has 0 amide bonds. The first-order valence-electron chi connectivity index (χ1n) is 5.54. The van der Waals surface area contributed by atoms with Gasteiger partial charge >= 0.3 is 0 Å². The number of hydrogen-bond donors (Lipinski definition) is 2. The Labute approximate surface area is 118 Å². The van der Waals surface area contributed by atoms with Gasteiger partial charge in [-0.25, -0.2) is 22.0 Å². The Morgan fingerprint density at radius 1 is 1.25 bits per heavy atom. The molecular weight excluding hydrogens is 302 g/mol. The van der Waals surface area contributed by atoms with E-state index < -0.39 is 25.3 Å². The maximum absolute atomic E-state index is 11.8. The number of rotatable bonds is 4. The summed E-state index contributed by atoms with van der Waals surface area (Å²) >= 11 is 0. The molecule has 0 aliphatic rings. The Bertz CT molecular complexity index is 777. The van der Waals surface area contributed by atoms with E-state index in [0.29, 0.717) is 11.1 Å². The van der Waals surface area contributed by atoms with Crippen molar-refractivity contribution in [3.63, 3.8) is 0 Å². The zero-order valence-corrected chi connectivity index (χ0v) is 12.8. The second kappa shape index (κ2) is 5.40. The predicted molar refractivity (Wildman–Crippen MR) is 74.9 cm³/mol. The summed E-state index contributed by atoms with van der Waals surface area (Å²) < 4.78 is 48.6. The van der Waals surface area contributed by atoms with Crippen LogP contribution in [0.4, 0.5) is 5.69 Å². The van der Waals surface area contributed by atoms with E-state index in [1.807, 2.05) is 0 Å². The van der Waals surface area contributed by atoms with Crippen LogP contribution in [0.15, 0.2) is 17.0 Å². The van der Waals surface area contributed by atoms with E-state index >= 15 is 0 Å². The average Bonchev–Trinajstić information content (AvgIpc) is 2.32. The first-order chi connectivity index (χ1) is 8.99. The van der Waals surface area contributed by atoms with E-state index in [2.05, 4.69) is 4.72 Å². The number of sulfonamides is 2. The lowest BCUT2D eigenvalue weighted by atomic mass is 10.1. The molecule has 0 heterocycles. The minimum atomic E-state index is -3.95. The standard InChI is InChI=1S/C11H15N3O4S2/c1-7-4-10(19(13,15)16)5-11(9(7)3)14-20(17,18)8(2)6-12/h4-5,8,14H,1-3H3,(H2,13,15,16). The molecule has 0 aliphatic heterocycles. The molecular formula is C11H15N3O4S2. The highest BCUT2D eigenvalue weighted by Gasteiger charge is 2.22. The van der Waals surface area contributed by atoms with Crippen molar-refractivity contribution in [2.24, 2.45) is 5.14 Å². The Morgan fingerprint density at radius 3 is 2.25 bits per heavy atom. The minimum absolute atomic E-state index is 0.0936. The first-order valence-corrected chi connectivity index (χ1v) is 8.63. The van der Waals surface area contributed by atoms with Crippen molar-refractivity contribution in [3.05, 3.63) is 23.3 Å². The lowest BCUT2D eigenvalue weighted by Gasteiger charge is -2.14. The molecule has 0 aromatic heterocycles. The Balaban J connectivity index is 3.41. The van der Waals surface area contributed by atoms with Crippen molar-refractivity contribution < 1.29 is 16.8 Å². The molecule has 1 unspecified atom stereocenters. The van der Waals surface area contributed by atoms with E-state index in [4.69, 9.17) is 10.4 Å². The maximum atomic E-state index is 11.8. The Kier molecular flexibility index (Phi) is 4.43. The quantitative estimate of drug-likeness (QED) is 0.840. The number of nitrogens with zero attached hydrogens (tertiary/aromatic N) is 1. The van der Waals surface area contributed by atoms with Crippen LogP contribution in [-0.2, 0) is 20.0 Å². The van der Waals surface area contributed by atoms with E-state index in [1.165, 1.54) is 13.0 Å². The van der Waals surface area contributed by atoms with Gasteiger partial charge < -0.3 is 0 Å². The van der Waals surface area contributed by atoms with Gasteiger partial charge in [0.2, 0.25) is 20.0 Å². The van der Waals surface area contributed by atoms with Crippen molar-refractivity contribution in [1.82, 2.24) is 0 Å². The van der Waals surface area contributed by atoms with Crippen LogP contribution in [0.1, 0.15) is 18.1 Å². The van der Waals surface area contributed by atoms with Gasteiger partial charge in [0.15, 0.2) is 5.25 Å². The second-order valence-corrected chi connectivity index (χ2v) is 7.94. The molecule has 20 heavy (non-hydrogen) atoms. The fourth-order valence-corrected chi connectivity index (χ4v) is 2.86. The second-order valence-electron chi connectivity index (χ2n) is 4.38. The number of hydrogen-bond acceptors (Lipinski definition) is 5. The highest BCUT2D eigenvalue weighted by molar-refractivity contribution is 7.93. The molecule has 0 spiro atoms. The molecule has 9 heteroatoms. The van der Waals surface area contributed by atoms with Gasteiger partial charge in [-0.2, -0.15) is 5.26 Å². The topological polar surface area (TPSA) is 130 Å². The first kappa shape index (κ1) is 16.4. The van der Waals surface area contributed by atoms with Gasteiger partial charge in [-0.3, -0.25) is 4.72 Å². The monoisotopic (exact) mass is 317 g/mol. The normalized spacial score (nSPS) is 13.6. The van der Waals surface area contributed by atoms with Gasteiger partial charge in [0.25, 0.3) is 0 Å². The molecule has 0 radical (unpaired) electrons. The van der Waals surface area contributed by atoms with E-state index in [9.17, 15) is 16.8 Å². The summed E-state index contributed by atoms with van der Waals surface area (Å²) in [5.74, 6) is 0. The fraction of sp³-hybridized carbons (Fsp3) is 0.364. The summed E-state index contributed by atoms with van der Waals surface area (Å²) in [6.07, 6.45) is 0. The number of primary sulfonamides is 1. The van der Waals surface area contributed by atoms with Crippen LogP contribution in [0.2, 0.25) is 0 Å². The van der Waals surface area contributed by atoms with Gasteiger partial charge in [-0.05, 0) is 44.0 Å². The molecule has 0 aliphatic carbocycles. The summed E-state index contributed by atoms with van der Waals surface area (Å²) in [6.45, 7) is 4.50. The van der Waals surface area contributed by atoms with Crippen LogP contribution < -0.4 is 9.86 Å². The van der Waals surface area contributed by atoms with Gasteiger partial charge in [-0.1, -0.05) is 0 Å². The van der Waals surface area contributed by atoms with Crippen LogP contribution in [-0.4, -0.2) is 22.1 Å². The molecule has 0 saturated carbocycles. The number of benzene rings is 1. The molecule has 1 aromatic carbocycles. The number of anilines is 1. The van der Waals surface area contributed by atoms with Crippen molar-refractivity contribution in [1.29, 1.82) is 5.26 Å². The number of nitrogens with one attached hydrogen (secondary N) is 1. The van der Waals surface area contributed by atoms with Crippen LogP contribution in [0.3, 0.4) is 0 Å². The number of nitriles is 1. The third-order valence-electron chi connectivity index (χ3n) is 2.87. The number of nitrogens with two attached hydrogens (primary N) is 1. The third kappa shape index (κ3) is 3.47. The maximum Gasteiger partial charge on any atom is 0.248 e. The van der Waals surface area contributed by atoms with Crippen LogP contribution >= 0.6 is 0 Å². The van der Waals surface area contributed by atoms with Crippen LogP contribution in [0, 0.1) is 25.2 Å². The molecule has 1 atom stereocenters. The molecule has 7 nitrogen and oxygen atoms in total. The van der Waals surface area contributed by atoms with Crippen molar-refractivity contribution in [3.8, 4) is 6.07 Å². The fourth-order valence-electron chi connectivity index (χ4n) is 1.41. The number of aryl methyl sites for hydroxylation is 1. The Morgan fingerprint density at radius 2 is 1.80 bits per heavy atom. The smallest absolute Gasteiger partial charge is 0.248 e. The molecule has 3 N–H and O–H groups in total. The highest BCUT2D eigenvalue weighted by Crippen LogP contribution is 2.25. The third-order valence-corrected chi connectivity index (χ3v) is 5.30. The van der Waals surface area contributed by atoms with E-state index in [-0.39, 0.29) is 10.6 Å². The summed E-state index contributed by atoms with van der Waals surface area (Å²) in [4.78, 5) is -0.192. The molecule has 110 valence electrons. The van der Waals surface area contributed by atoms with Gasteiger partial charge in [0.1, 0.15) is 0 Å². The summed E-state index contributed by atoms with van der Waals surface area (Å²) in [7, 11) is -7.86. The molecule has 0 bridgehead atoms. The summed E-state index contributed by atoms with van der Waals surface area (Å²) in [5, 5.41) is 12.4.